The summed E-state index contributed by atoms with van der Waals surface area (Å²) in [5.74, 6) is -0.198. The minimum Gasteiger partial charge on any atom is -0.756 e. The molecule has 0 aliphatic carbocycles. The molecule has 1 amide bonds. The summed E-state index contributed by atoms with van der Waals surface area (Å²) in [4.78, 5) is 25.4. The number of nitrogens with one attached hydrogen (secondary N) is 1. The zero-order valence-electron chi connectivity index (χ0n) is 42.5. The first-order valence-electron chi connectivity index (χ1n) is 27.2. The number of phosphoric acid groups is 1. The van der Waals surface area contributed by atoms with Gasteiger partial charge >= 0.3 is 0 Å². The lowest BCUT2D eigenvalue weighted by Gasteiger charge is -2.29. The van der Waals surface area contributed by atoms with Crippen molar-refractivity contribution in [2.24, 2.45) is 0 Å². The normalized spacial score (nSPS) is 14.2. The Balaban J connectivity index is 4.25. The van der Waals surface area contributed by atoms with Crippen LogP contribution in [0, 0.1) is 0 Å². The summed E-state index contributed by atoms with van der Waals surface area (Å²) < 4.78 is 23.3. The topological polar surface area (TPSA) is 108 Å². The molecular weight excluding hydrogens is 804 g/mol. The molecule has 2 N–H and O–H groups in total. The minimum absolute atomic E-state index is 0.000343. The van der Waals surface area contributed by atoms with Crippen LogP contribution in [0.25, 0.3) is 0 Å². The molecule has 9 heteroatoms. The average molecular weight is 911 g/mol. The lowest BCUT2D eigenvalue weighted by molar-refractivity contribution is -0.870. The maximum atomic E-state index is 12.9. The SMILES string of the molecule is CCCCCCCCCCCCCC/C=C\CCCCCCCCCC(=O)NC(COP(=O)([O-])OCC[N+](C)(C)C)C(O)/C=C/CCCCCCCCCCCCCCCCCC. The summed E-state index contributed by atoms with van der Waals surface area (Å²) in [7, 11) is 1.27. The van der Waals surface area contributed by atoms with Crippen molar-refractivity contribution in [1.82, 2.24) is 5.32 Å². The number of carbonyl (C=O) groups excluding carboxylic acids is 1. The molecule has 0 aromatic rings. The molecule has 374 valence electrons. The number of nitrogens with zero attached hydrogens (tertiary/aromatic N) is 1. The Labute approximate surface area is 392 Å². The van der Waals surface area contributed by atoms with Crippen molar-refractivity contribution in [2.75, 3.05) is 40.9 Å². The third kappa shape index (κ3) is 48.7. The zero-order chi connectivity index (χ0) is 46.4. The molecular formula is C54H107N2O6P. The predicted octanol–water partition coefficient (Wildman–Crippen LogP) is 15.4. The number of hydrogen-bond donors (Lipinski definition) is 2. The Morgan fingerprint density at radius 2 is 0.873 bits per heavy atom. The van der Waals surface area contributed by atoms with Gasteiger partial charge in [-0.25, -0.2) is 0 Å². The second-order valence-electron chi connectivity index (χ2n) is 19.9. The molecule has 0 radical (unpaired) electrons. The molecule has 8 nitrogen and oxygen atoms in total. The predicted molar refractivity (Wildman–Crippen MR) is 270 cm³/mol. The maximum Gasteiger partial charge on any atom is 0.268 e. The van der Waals surface area contributed by atoms with Gasteiger partial charge in [-0.1, -0.05) is 237 Å². The van der Waals surface area contributed by atoms with Crippen molar-refractivity contribution in [1.29, 1.82) is 0 Å². The van der Waals surface area contributed by atoms with Crippen LogP contribution in [0.4, 0.5) is 0 Å². The zero-order valence-corrected chi connectivity index (χ0v) is 43.4. The summed E-state index contributed by atoms with van der Waals surface area (Å²) in [6.45, 7) is 4.68. The number of quaternary nitrogens is 1. The Hall–Kier alpha value is -1.02. The number of carbonyl (C=O) groups is 1. The molecule has 0 rings (SSSR count). The van der Waals surface area contributed by atoms with E-state index in [9.17, 15) is 19.4 Å². The Bertz CT molecular complexity index is 1080. The van der Waals surface area contributed by atoms with E-state index < -0.39 is 20.0 Å². The van der Waals surface area contributed by atoms with Crippen LogP contribution in [0.1, 0.15) is 264 Å². The third-order valence-corrected chi connectivity index (χ3v) is 13.4. The number of likely N-dealkylation sites (N-methyl/N-ethyl adjacent to an activating group) is 1. The summed E-state index contributed by atoms with van der Waals surface area (Å²) in [5, 5.41) is 13.9. The Morgan fingerprint density at radius 3 is 1.24 bits per heavy atom. The van der Waals surface area contributed by atoms with Gasteiger partial charge in [-0.05, 0) is 44.9 Å². The molecule has 0 aliphatic rings. The average Bonchev–Trinajstić information content (AvgIpc) is 3.24. The number of rotatable bonds is 50. The van der Waals surface area contributed by atoms with Gasteiger partial charge in [0.2, 0.25) is 5.91 Å². The van der Waals surface area contributed by atoms with Crippen molar-refractivity contribution in [2.45, 2.75) is 276 Å². The second kappa shape index (κ2) is 46.1. The molecule has 0 fully saturated rings. The first-order valence-corrected chi connectivity index (χ1v) is 28.7. The first-order chi connectivity index (χ1) is 30.5. The van der Waals surface area contributed by atoms with Crippen LogP contribution in [0.15, 0.2) is 24.3 Å². The molecule has 3 unspecified atom stereocenters. The van der Waals surface area contributed by atoms with Crippen LogP contribution in [-0.2, 0) is 18.4 Å². The molecule has 63 heavy (non-hydrogen) atoms. The molecule has 0 bridgehead atoms. The van der Waals surface area contributed by atoms with E-state index in [1.54, 1.807) is 6.08 Å². The quantitative estimate of drug-likeness (QED) is 0.0272. The van der Waals surface area contributed by atoms with E-state index >= 15 is 0 Å². The number of hydrogen-bond acceptors (Lipinski definition) is 6. The summed E-state index contributed by atoms with van der Waals surface area (Å²) in [5.41, 5.74) is 0. The number of amides is 1. The molecule has 0 saturated heterocycles. The monoisotopic (exact) mass is 911 g/mol. The first kappa shape index (κ1) is 62.0. The van der Waals surface area contributed by atoms with E-state index in [1.165, 1.54) is 205 Å². The van der Waals surface area contributed by atoms with Gasteiger partial charge in [0.05, 0.1) is 39.9 Å². The Kier molecular flexibility index (Phi) is 45.4. The fraction of sp³-hybridized carbons (Fsp3) is 0.907. The van der Waals surface area contributed by atoms with Crippen molar-refractivity contribution in [3.8, 4) is 0 Å². The van der Waals surface area contributed by atoms with E-state index in [-0.39, 0.29) is 19.1 Å². The second-order valence-corrected chi connectivity index (χ2v) is 21.3. The van der Waals surface area contributed by atoms with Crippen molar-refractivity contribution in [3.63, 3.8) is 0 Å². The van der Waals surface area contributed by atoms with Crippen LogP contribution in [-0.4, -0.2) is 68.5 Å². The van der Waals surface area contributed by atoms with Crippen LogP contribution < -0.4 is 10.2 Å². The summed E-state index contributed by atoms with van der Waals surface area (Å²) in [6.07, 6.45) is 56.7. The number of aliphatic hydroxyl groups excluding tert-OH is 1. The molecule has 0 aliphatic heterocycles. The van der Waals surface area contributed by atoms with Gasteiger partial charge in [0.25, 0.3) is 7.82 Å². The van der Waals surface area contributed by atoms with Crippen LogP contribution in [0.3, 0.4) is 0 Å². The number of allylic oxidation sites excluding steroid dienone is 3. The van der Waals surface area contributed by atoms with Crippen LogP contribution in [0.5, 0.6) is 0 Å². The highest BCUT2D eigenvalue weighted by Crippen LogP contribution is 2.38. The Morgan fingerprint density at radius 1 is 0.540 bits per heavy atom. The van der Waals surface area contributed by atoms with Gasteiger partial charge < -0.3 is 28.8 Å². The summed E-state index contributed by atoms with van der Waals surface area (Å²) >= 11 is 0. The lowest BCUT2D eigenvalue weighted by Crippen LogP contribution is -2.45. The largest absolute Gasteiger partial charge is 0.756 e. The minimum atomic E-state index is -4.59. The highest BCUT2D eigenvalue weighted by atomic mass is 31.2. The van der Waals surface area contributed by atoms with Crippen molar-refractivity contribution >= 4 is 13.7 Å². The molecule has 0 spiro atoms. The van der Waals surface area contributed by atoms with Gasteiger partial charge in [0.1, 0.15) is 13.2 Å². The number of unbranched alkanes of at least 4 members (excludes halogenated alkanes) is 35. The van der Waals surface area contributed by atoms with E-state index in [4.69, 9.17) is 9.05 Å². The third-order valence-electron chi connectivity index (χ3n) is 12.4. The maximum absolute atomic E-state index is 12.9. The highest BCUT2D eigenvalue weighted by Gasteiger charge is 2.23. The molecule has 0 aromatic carbocycles. The van der Waals surface area contributed by atoms with Crippen molar-refractivity contribution in [3.05, 3.63) is 24.3 Å². The van der Waals surface area contributed by atoms with Gasteiger partial charge in [-0.3, -0.25) is 9.36 Å². The fourth-order valence-corrected chi connectivity index (χ4v) is 8.81. The standard InChI is InChI=1S/C54H107N2O6P/c1-6-8-10-12-14-16-18-20-22-24-26-27-28-29-30-32-34-36-38-40-42-44-46-48-54(58)55-52(51-62-63(59,60)61-50-49-56(3,4)5)53(57)47-45-43-41-39-37-35-33-31-25-23-21-19-17-15-13-11-9-7-2/h29-30,45,47,52-53,57H,6-28,31-44,46,48-51H2,1-5H3,(H-,55,58,59,60)/b30-29-,47-45+. The number of aliphatic hydroxyl groups is 1. The lowest BCUT2D eigenvalue weighted by atomic mass is 10.0. The van der Waals surface area contributed by atoms with E-state index in [0.717, 1.165) is 38.5 Å². The van der Waals surface area contributed by atoms with Crippen molar-refractivity contribution < 1.29 is 32.9 Å². The van der Waals surface area contributed by atoms with Gasteiger partial charge in [-0.2, -0.15) is 0 Å². The van der Waals surface area contributed by atoms with Gasteiger partial charge in [0, 0.05) is 6.42 Å². The van der Waals surface area contributed by atoms with Crippen LogP contribution in [0.2, 0.25) is 0 Å². The molecule has 0 heterocycles. The fourth-order valence-electron chi connectivity index (χ4n) is 8.09. The summed E-state index contributed by atoms with van der Waals surface area (Å²) in [6, 6.07) is -0.887. The molecule has 0 aromatic heterocycles. The molecule has 3 atom stereocenters. The van der Waals surface area contributed by atoms with E-state index in [0.29, 0.717) is 17.4 Å². The van der Waals surface area contributed by atoms with Gasteiger partial charge in [0.15, 0.2) is 0 Å². The van der Waals surface area contributed by atoms with Crippen LogP contribution >= 0.6 is 7.82 Å². The number of phosphoric ester groups is 1. The van der Waals surface area contributed by atoms with E-state index in [1.807, 2.05) is 27.2 Å². The smallest absolute Gasteiger partial charge is 0.268 e. The van der Waals surface area contributed by atoms with Gasteiger partial charge in [-0.15, -0.1) is 0 Å². The molecule has 0 saturated carbocycles. The van der Waals surface area contributed by atoms with E-state index in [2.05, 4.69) is 31.3 Å². The highest BCUT2D eigenvalue weighted by molar-refractivity contribution is 7.45.